The molecular weight excluding hydrogens is 360 g/mol. The number of para-hydroxylation sites is 3. The number of phenolic OH excluding ortho intramolecular Hbond substituents is 1. The van der Waals surface area contributed by atoms with Crippen LogP contribution in [0, 0.1) is 0 Å². The first-order valence-corrected chi connectivity index (χ1v) is 9.65. The number of carbonyl (C=O) groups excluding carboxylic acids is 1. The summed E-state index contributed by atoms with van der Waals surface area (Å²) in [6.07, 6.45) is 4.26. The van der Waals surface area contributed by atoms with Crippen molar-refractivity contribution in [3.05, 3.63) is 102 Å². The number of hydrogen-bond acceptors (Lipinski definition) is 2. The molecule has 0 aliphatic heterocycles. The fourth-order valence-electron chi connectivity index (χ4n) is 4.16. The minimum Gasteiger partial charge on any atom is -0.507 e. The van der Waals surface area contributed by atoms with Gasteiger partial charge in [0.05, 0.1) is 5.56 Å². The fraction of sp³-hybridized carbons (Fsp3) is 0.0800. The molecule has 0 spiro atoms. The fourth-order valence-corrected chi connectivity index (χ4v) is 4.16. The number of ketones is 1. The molecule has 5 rings (SSSR count). The Morgan fingerprint density at radius 1 is 0.759 bits per heavy atom. The van der Waals surface area contributed by atoms with Gasteiger partial charge in [0.1, 0.15) is 5.75 Å². The summed E-state index contributed by atoms with van der Waals surface area (Å²) >= 11 is 0. The monoisotopic (exact) mass is 380 g/mol. The molecule has 0 fully saturated rings. The summed E-state index contributed by atoms with van der Waals surface area (Å²) in [7, 11) is 0. The molecule has 0 radical (unpaired) electrons. The minimum atomic E-state index is -0.144. The van der Waals surface area contributed by atoms with Crippen LogP contribution in [0.3, 0.4) is 0 Å². The molecule has 5 aromatic rings. The van der Waals surface area contributed by atoms with Gasteiger partial charge in [-0.15, -0.1) is 0 Å². The van der Waals surface area contributed by atoms with Crippen molar-refractivity contribution in [2.45, 2.75) is 12.3 Å². The minimum absolute atomic E-state index is 0.0223. The van der Waals surface area contributed by atoms with Gasteiger partial charge in [-0.25, -0.2) is 0 Å². The zero-order chi connectivity index (χ0) is 19.8. The molecule has 3 N–H and O–H groups in total. The highest BCUT2D eigenvalue weighted by molar-refractivity contribution is 6.00. The quantitative estimate of drug-likeness (QED) is 0.339. The molecule has 0 aliphatic carbocycles. The lowest BCUT2D eigenvalue weighted by Crippen LogP contribution is -2.09. The second-order valence-corrected chi connectivity index (χ2v) is 7.28. The van der Waals surface area contributed by atoms with Gasteiger partial charge in [-0.3, -0.25) is 4.79 Å². The average molecular weight is 380 g/mol. The highest BCUT2D eigenvalue weighted by Crippen LogP contribution is 2.38. The summed E-state index contributed by atoms with van der Waals surface area (Å²) in [4.78, 5) is 19.8. The first-order valence-electron chi connectivity index (χ1n) is 9.65. The van der Waals surface area contributed by atoms with Gasteiger partial charge < -0.3 is 15.1 Å². The molecule has 4 nitrogen and oxygen atoms in total. The second-order valence-electron chi connectivity index (χ2n) is 7.28. The average Bonchev–Trinajstić information content (AvgIpc) is 3.37. The maximum atomic E-state index is 13.2. The van der Waals surface area contributed by atoms with E-state index < -0.39 is 0 Å². The Hall–Kier alpha value is -3.79. The van der Waals surface area contributed by atoms with E-state index in [0.717, 1.165) is 32.9 Å². The van der Waals surface area contributed by atoms with Crippen molar-refractivity contribution >= 4 is 27.6 Å². The standard InChI is InChI=1S/C25H20N2O2/c28-24-12-6-3-9-18(24)25(29)13-19(20-14-26-22-10-4-1-7-16(20)22)21-15-27-23-11-5-2-8-17(21)23/h1-12,14-15,19,26-28H,13H2. The van der Waals surface area contributed by atoms with Crippen LogP contribution in [0.2, 0.25) is 0 Å². The second kappa shape index (κ2) is 6.99. The molecule has 0 unspecified atom stereocenters. The van der Waals surface area contributed by atoms with Crippen LogP contribution in [-0.2, 0) is 0 Å². The molecule has 3 aromatic carbocycles. The SMILES string of the molecule is O=C(CC(c1c[nH]c2ccccc12)c1c[nH]c2ccccc12)c1ccccc1O. The van der Waals surface area contributed by atoms with Crippen LogP contribution in [0.25, 0.3) is 21.8 Å². The zero-order valence-electron chi connectivity index (χ0n) is 15.7. The van der Waals surface area contributed by atoms with E-state index in [1.165, 1.54) is 0 Å². The largest absolute Gasteiger partial charge is 0.507 e. The number of carbonyl (C=O) groups is 1. The van der Waals surface area contributed by atoms with E-state index in [-0.39, 0.29) is 23.9 Å². The number of nitrogens with one attached hydrogen (secondary N) is 2. The van der Waals surface area contributed by atoms with E-state index in [9.17, 15) is 9.90 Å². The Bertz CT molecular complexity index is 1250. The number of aromatic nitrogens is 2. The van der Waals surface area contributed by atoms with Gasteiger partial charge in [0.15, 0.2) is 5.78 Å². The van der Waals surface area contributed by atoms with Crippen molar-refractivity contribution in [2.75, 3.05) is 0 Å². The normalized spacial score (nSPS) is 11.5. The van der Waals surface area contributed by atoms with Gasteiger partial charge in [-0.1, -0.05) is 48.5 Å². The van der Waals surface area contributed by atoms with Crippen LogP contribution in [0.5, 0.6) is 5.75 Å². The molecule has 0 saturated carbocycles. The number of aromatic amines is 2. The van der Waals surface area contributed by atoms with Crippen LogP contribution >= 0.6 is 0 Å². The molecule has 2 heterocycles. The highest BCUT2D eigenvalue weighted by Gasteiger charge is 2.25. The maximum absolute atomic E-state index is 13.2. The molecule has 142 valence electrons. The number of Topliss-reactive ketones (excluding diaryl/α,β-unsaturated/α-hetero) is 1. The predicted molar refractivity (Wildman–Crippen MR) is 115 cm³/mol. The van der Waals surface area contributed by atoms with Crippen LogP contribution in [0.15, 0.2) is 85.2 Å². The summed E-state index contributed by atoms with van der Waals surface area (Å²) in [6, 6.07) is 23.0. The van der Waals surface area contributed by atoms with Crippen molar-refractivity contribution in [3.63, 3.8) is 0 Å². The number of aromatic hydroxyl groups is 1. The van der Waals surface area contributed by atoms with Gasteiger partial charge in [-0.05, 0) is 35.4 Å². The van der Waals surface area contributed by atoms with Gasteiger partial charge in [-0.2, -0.15) is 0 Å². The molecular formula is C25H20N2O2. The number of hydrogen-bond donors (Lipinski definition) is 3. The predicted octanol–water partition coefficient (Wildman–Crippen LogP) is 5.76. The summed E-state index contributed by atoms with van der Waals surface area (Å²) in [5, 5.41) is 12.4. The molecule has 4 heteroatoms. The molecule has 29 heavy (non-hydrogen) atoms. The Balaban J connectivity index is 1.65. The lowest BCUT2D eigenvalue weighted by Gasteiger charge is -2.16. The summed E-state index contributed by atoms with van der Waals surface area (Å²) < 4.78 is 0. The summed E-state index contributed by atoms with van der Waals surface area (Å²) in [5.74, 6) is -0.202. The van der Waals surface area contributed by atoms with Crippen LogP contribution in [0.4, 0.5) is 0 Å². The van der Waals surface area contributed by atoms with E-state index in [1.807, 2.05) is 48.8 Å². The van der Waals surface area contributed by atoms with Gasteiger partial charge in [0.2, 0.25) is 0 Å². The van der Waals surface area contributed by atoms with Crippen LogP contribution < -0.4 is 0 Å². The smallest absolute Gasteiger partial charge is 0.167 e. The molecule has 0 amide bonds. The van der Waals surface area contributed by atoms with E-state index in [4.69, 9.17) is 0 Å². The Morgan fingerprint density at radius 2 is 1.28 bits per heavy atom. The van der Waals surface area contributed by atoms with E-state index in [2.05, 4.69) is 22.1 Å². The highest BCUT2D eigenvalue weighted by atomic mass is 16.3. The number of rotatable bonds is 5. The lowest BCUT2D eigenvalue weighted by molar-refractivity contribution is 0.0975. The van der Waals surface area contributed by atoms with Crippen LogP contribution in [-0.4, -0.2) is 20.9 Å². The molecule has 0 aliphatic rings. The Kier molecular flexibility index (Phi) is 4.17. The summed E-state index contributed by atoms with van der Waals surface area (Å²) in [6.45, 7) is 0. The number of phenols is 1. The Morgan fingerprint density at radius 3 is 1.86 bits per heavy atom. The number of benzene rings is 3. The topological polar surface area (TPSA) is 68.9 Å². The third kappa shape index (κ3) is 2.99. The van der Waals surface area contributed by atoms with Crippen molar-refractivity contribution in [2.24, 2.45) is 0 Å². The first-order chi connectivity index (χ1) is 14.2. The van der Waals surface area contributed by atoms with Gasteiger partial charge in [0, 0.05) is 46.5 Å². The van der Waals surface area contributed by atoms with Crippen molar-refractivity contribution in [1.29, 1.82) is 0 Å². The lowest BCUT2D eigenvalue weighted by atomic mass is 9.85. The maximum Gasteiger partial charge on any atom is 0.167 e. The third-order valence-electron chi connectivity index (χ3n) is 5.59. The van der Waals surface area contributed by atoms with Crippen molar-refractivity contribution in [3.8, 4) is 5.75 Å². The van der Waals surface area contributed by atoms with Crippen molar-refractivity contribution in [1.82, 2.24) is 9.97 Å². The van der Waals surface area contributed by atoms with E-state index in [1.54, 1.807) is 24.3 Å². The van der Waals surface area contributed by atoms with E-state index >= 15 is 0 Å². The molecule has 2 aromatic heterocycles. The van der Waals surface area contributed by atoms with Crippen LogP contribution in [0.1, 0.15) is 33.8 Å². The molecule has 0 atom stereocenters. The summed E-state index contributed by atoms with van der Waals surface area (Å²) in [5.41, 5.74) is 4.60. The van der Waals surface area contributed by atoms with Gasteiger partial charge in [0.25, 0.3) is 0 Å². The first kappa shape index (κ1) is 17.3. The number of H-pyrrole nitrogens is 2. The van der Waals surface area contributed by atoms with Crippen molar-refractivity contribution < 1.29 is 9.90 Å². The number of fused-ring (bicyclic) bond motifs is 2. The zero-order valence-corrected chi connectivity index (χ0v) is 15.7. The van der Waals surface area contributed by atoms with Gasteiger partial charge >= 0.3 is 0 Å². The Labute approximate surface area is 167 Å². The molecule has 0 bridgehead atoms. The third-order valence-corrected chi connectivity index (χ3v) is 5.59. The van der Waals surface area contributed by atoms with E-state index in [0.29, 0.717) is 5.56 Å². The molecule has 0 saturated heterocycles.